The second-order valence-electron chi connectivity index (χ2n) is 4.92. The molecule has 0 aliphatic rings. The van der Waals surface area contributed by atoms with Gasteiger partial charge in [0.1, 0.15) is 0 Å². The van der Waals surface area contributed by atoms with Crippen LogP contribution in [0.4, 0.5) is 0 Å². The average molecular weight is 296 g/mol. The van der Waals surface area contributed by atoms with Gasteiger partial charge in [-0.1, -0.05) is 24.3 Å². The molecule has 1 aromatic carbocycles. The summed E-state index contributed by atoms with van der Waals surface area (Å²) in [5.41, 5.74) is 8.22. The lowest BCUT2D eigenvalue weighted by atomic mass is 9.80. The molecule has 22 heavy (non-hydrogen) atoms. The number of carbonyl (C=O) groups excluding carboxylic acids is 1. The molecule has 110 valence electrons. The Labute approximate surface area is 126 Å². The maximum Gasteiger partial charge on any atom is 0.488 e. The van der Waals surface area contributed by atoms with Crippen molar-refractivity contribution in [3.8, 4) is 0 Å². The van der Waals surface area contributed by atoms with E-state index in [1.807, 2.05) is 4.57 Å². The molecule has 3 aromatic rings. The van der Waals surface area contributed by atoms with Gasteiger partial charge in [-0.25, -0.2) is 9.97 Å². The van der Waals surface area contributed by atoms with Crippen LogP contribution in [0.1, 0.15) is 15.9 Å². The molecule has 8 heteroatoms. The van der Waals surface area contributed by atoms with Crippen molar-refractivity contribution in [2.24, 2.45) is 5.73 Å². The fraction of sp³-hybridized carbons (Fsp3) is 0.0714. The maximum absolute atomic E-state index is 11.2. The van der Waals surface area contributed by atoms with Crippen molar-refractivity contribution < 1.29 is 14.8 Å². The Balaban J connectivity index is 1.93. The SMILES string of the molecule is NC(=O)c1cnc2ncn(Cc3ccc(B(O)O)cc3)c2c1. The second-order valence-corrected chi connectivity index (χ2v) is 4.92. The van der Waals surface area contributed by atoms with E-state index in [1.165, 1.54) is 6.20 Å². The number of fused-ring (bicyclic) bond motifs is 1. The van der Waals surface area contributed by atoms with Crippen LogP contribution in [-0.2, 0) is 6.54 Å². The molecule has 3 rings (SSSR count). The first-order valence-electron chi connectivity index (χ1n) is 6.60. The predicted molar refractivity (Wildman–Crippen MR) is 81.4 cm³/mol. The third-order valence-corrected chi connectivity index (χ3v) is 3.39. The van der Waals surface area contributed by atoms with Crippen molar-refractivity contribution in [1.29, 1.82) is 0 Å². The molecule has 0 fully saturated rings. The molecular weight excluding hydrogens is 283 g/mol. The second kappa shape index (κ2) is 5.59. The van der Waals surface area contributed by atoms with Gasteiger partial charge in [0.25, 0.3) is 0 Å². The molecule has 0 spiro atoms. The Kier molecular flexibility index (Phi) is 3.62. The first kappa shape index (κ1) is 14.2. The molecule has 0 radical (unpaired) electrons. The Hall–Kier alpha value is -2.71. The van der Waals surface area contributed by atoms with Gasteiger partial charge in [0.05, 0.1) is 17.4 Å². The van der Waals surface area contributed by atoms with Gasteiger partial charge < -0.3 is 20.3 Å². The van der Waals surface area contributed by atoms with Gasteiger partial charge >= 0.3 is 7.12 Å². The van der Waals surface area contributed by atoms with Gasteiger partial charge in [0.15, 0.2) is 5.65 Å². The Morgan fingerprint density at radius 3 is 2.59 bits per heavy atom. The van der Waals surface area contributed by atoms with Crippen molar-refractivity contribution >= 4 is 29.7 Å². The monoisotopic (exact) mass is 296 g/mol. The van der Waals surface area contributed by atoms with Crippen molar-refractivity contribution in [2.75, 3.05) is 0 Å². The first-order chi connectivity index (χ1) is 10.5. The van der Waals surface area contributed by atoms with Crippen LogP contribution in [0.5, 0.6) is 0 Å². The molecular formula is C14H13BN4O3. The number of rotatable bonds is 4. The highest BCUT2D eigenvalue weighted by molar-refractivity contribution is 6.58. The van der Waals surface area contributed by atoms with E-state index < -0.39 is 13.0 Å². The number of primary amides is 1. The Morgan fingerprint density at radius 2 is 1.95 bits per heavy atom. The lowest BCUT2D eigenvalue weighted by Gasteiger charge is -2.06. The summed E-state index contributed by atoms with van der Waals surface area (Å²) in [7, 11) is -1.48. The molecule has 1 amide bonds. The van der Waals surface area contributed by atoms with Crippen LogP contribution < -0.4 is 11.2 Å². The van der Waals surface area contributed by atoms with Gasteiger partial charge in [-0.2, -0.15) is 0 Å². The quantitative estimate of drug-likeness (QED) is 0.549. The predicted octanol–water partition coefficient (Wildman–Crippen LogP) is -0.742. The van der Waals surface area contributed by atoms with E-state index in [0.29, 0.717) is 28.7 Å². The van der Waals surface area contributed by atoms with Gasteiger partial charge in [-0.3, -0.25) is 4.79 Å². The number of aromatic nitrogens is 3. The topological polar surface area (TPSA) is 114 Å². The number of carbonyl (C=O) groups is 1. The van der Waals surface area contributed by atoms with Crippen molar-refractivity contribution in [2.45, 2.75) is 6.54 Å². The van der Waals surface area contributed by atoms with E-state index in [-0.39, 0.29) is 0 Å². The van der Waals surface area contributed by atoms with Crippen LogP contribution in [0.3, 0.4) is 0 Å². The van der Waals surface area contributed by atoms with Crippen molar-refractivity contribution in [3.63, 3.8) is 0 Å². The molecule has 4 N–H and O–H groups in total. The highest BCUT2D eigenvalue weighted by Crippen LogP contribution is 2.14. The number of amides is 1. The highest BCUT2D eigenvalue weighted by atomic mass is 16.4. The zero-order chi connectivity index (χ0) is 15.7. The van der Waals surface area contributed by atoms with Crippen LogP contribution in [-0.4, -0.2) is 37.6 Å². The van der Waals surface area contributed by atoms with Crippen molar-refractivity contribution in [1.82, 2.24) is 14.5 Å². The summed E-state index contributed by atoms with van der Waals surface area (Å²) in [4.78, 5) is 19.5. The lowest BCUT2D eigenvalue weighted by Crippen LogP contribution is -2.29. The lowest BCUT2D eigenvalue weighted by molar-refractivity contribution is 0.1000. The molecule has 2 heterocycles. The normalized spacial score (nSPS) is 10.8. The van der Waals surface area contributed by atoms with Gasteiger partial charge in [0.2, 0.25) is 5.91 Å². The first-order valence-corrected chi connectivity index (χ1v) is 6.60. The number of hydrogen-bond donors (Lipinski definition) is 3. The minimum atomic E-state index is -1.48. The van der Waals surface area contributed by atoms with E-state index in [4.69, 9.17) is 15.8 Å². The van der Waals surface area contributed by atoms with E-state index in [2.05, 4.69) is 9.97 Å². The number of nitrogens with zero attached hydrogens (tertiary/aromatic N) is 3. The largest absolute Gasteiger partial charge is 0.488 e. The summed E-state index contributed by atoms with van der Waals surface area (Å²) >= 11 is 0. The summed E-state index contributed by atoms with van der Waals surface area (Å²) < 4.78 is 1.85. The third kappa shape index (κ3) is 2.69. The molecule has 0 unspecified atom stereocenters. The van der Waals surface area contributed by atoms with Gasteiger partial charge in [-0.05, 0) is 17.1 Å². The summed E-state index contributed by atoms with van der Waals surface area (Å²) in [5.74, 6) is -0.538. The van der Waals surface area contributed by atoms with Gasteiger partial charge in [-0.15, -0.1) is 0 Å². The minimum absolute atomic E-state index is 0.327. The fourth-order valence-corrected chi connectivity index (χ4v) is 2.20. The van der Waals surface area contributed by atoms with E-state index in [9.17, 15) is 4.79 Å². The van der Waals surface area contributed by atoms with E-state index >= 15 is 0 Å². The molecule has 0 bridgehead atoms. The molecule has 0 saturated carbocycles. The van der Waals surface area contributed by atoms with Crippen molar-refractivity contribution in [3.05, 3.63) is 54.0 Å². The third-order valence-electron chi connectivity index (χ3n) is 3.39. The number of benzene rings is 1. The highest BCUT2D eigenvalue weighted by Gasteiger charge is 2.11. The number of hydrogen-bond acceptors (Lipinski definition) is 5. The number of nitrogens with two attached hydrogens (primary N) is 1. The van der Waals surface area contributed by atoms with Crippen LogP contribution in [0.15, 0.2) is 42.9 Å². The summed E-state index contributed by atoms with van der Waals surface area (Å²) in [6, 6.07) is 8.54. The van der Waals surface area contributed by atoms with Crippen LogP contribution in [0, 0.1) is 0 Å². The van der Waals surface area contributed by atoms with Crippen LogP contribution in [0.2, 0.25) is 0 Å². The van der Waals surface area contributed by atoms with Crippen LogP contribution in [0.25, 0.3) is 11.2 Å². The zero-order valence-electron chi connectivity index (χ0n) is 11.5. The molecule has 2 aromatic heterocycles. The summed E-state index contributed by atoms with van der Waals surface area (Å²) in [6.07, 6.45) is 3.04. The Bertz CT molecular complexity index is 830. The summed E-state index contributed by atoms with van der Waals surface area (Å²) in [5, 5.41) is 18.2. The minimum Gasteiger partial charge on any atom is -0.423 e. The Morgan fingerprint density at radius 1 is 1.23 bits per heavy atom. The maximum atomic E-state index is 11.2. The average Bonchev–Trinajstić information content (AvgIpc) is 2.90. The standard InChI is InChI=1S/C14H13BN4O3/c16-13(20)10-5-12-14(17-6-10)18-8-19(12)7-9-1-3-11(4-2-9)15(21)22/h1-6,8,21-22H,7H2,(H2,16,20). The van der Waals surface area contributed by atoms with Gasteiger partial charge in [0, 0.05) is 12.7 Å². The molecule has 0 aliphatic carbocycles. The summed E-state index contributed by atoms with van der Waals surface area (Å²) in [6.45, 7) is 0.516. The molecule has 0 aliphatic heterocycles. The van der Waals surface area contributed by atoms with E-state index in [0.717, 1.165) is 5.56 Å². The number of imidazole rings is 1. The smallest absolute Gasteiger partial charge is 0.423 e. The molecule has 0 atom stereocenters. The molecule has 7 nitrogen and oxygen atoms in total. The van der Waals surface area contributed by atoms with E-state index in [1.54, 1.807) is 36.7 Å². The fourth-order valence-electron chi connectivity index (χ4n) is 2.20. The van der Waals surface area contributed by atoms with Crippen LogP contribution >= 0.6 is 0 Å². The molecule has 0 saturated heterocycles. The zero-order valence-corrected chi connectivity index (χ0v) is 11.5. The number of pyridine rings is 1.